The van der Waals surface area contributed by atoms with Crippen LogP contribution in [0.3, 0.4) is 0 Å². The minimum absolute atomic E-state index is 0.128. The Balaban J connectivity index is 2.66. The molecular weight excluding hydrogens is 300 g/mol. The first-order valence-corrected chi connectivity index (χ1v) is 8.40. The summed E-state index contributed by atoms with van der Waals surface area (Å²) in [7, 11) is 3.30. The Bertz CT molecular complexity index is 645. The number of hydrogen-bond acceptors (Lipinski definition) is 4. The van der Waals surface area contributed by atoms with Crippen molar-refractivity contribution in [2.45, 2.75) is 38.5 Å². The number of rotatable bonds is 7. The number of ether oxygens (including phenoxy) is 2. The van der Waals surface area contributed by atoms with Crippen LogP contribution in [0.5, 0.6) is 11.5 Å². The lowest BCUT2D eigenvalue weighted by atomic mass is 9.69. The molecule has 2 aromatic carbocycles. The summed E-state index contributed by atoms with van der Waals surface area (Å²) in [6.45, 7) is 4.41. The van der Waals surface area contributed by atoms with Gasteiger partial charge in [0.05, 0.1) is 25.6 Å². The summed E-state index contributed by atoms with van der Waals surface area (Å²) >= 11 is 0. The van der Waals surface area contributed by atoms with E-state index < -0.39 is 0 Å². The lowest BCUT2D eigenvalue weighted by Gasteiger charge is -2.35. The molecule has 4 nitrogen and oxygen atoms in total. The highest BCUT2D eigenvalue weighted by atomic mass is 16.5. The molecule has 2 rings (SSSR count). The molecule has 130 valence electrons. The molecule has 0 amide bonds. The molecule has 0 radical (unpaired) electrons. The van der Waals surface area contributed by atoms with E-state index in [0.29, 0.717) is 22.9 Å². The van der Waals surface area contributed by atoms with Crippen molar-refractivity contribution in [1.29, 1.82) is 0 Å². The predicted octanol–water partition coefficient (Wildman–Crippen LogP) is 4.36. The van der Waals surface area contributed by atoms with Crippen LogP contribution in [0.2, 0.25) is 0 Å². The molecule has 0 heterocycles. The minimum Gasteiger partial charge on any atom is -0.495 e. The van der Waals surface area contributed by atoms with Crippen LogP contribution in [0.4, 0.5) is 11.4 Å². The Morgan fingerprint density at radius 3 is 1.62 bits per heavy atom. The zero-order chi connectivity index (χ0) is 17.7. The van der Waals surface area contributed by atoms with Gasteiger partial charge in [-0.15, -0.1) is 0 Å². The molecule has 0 aliphatic rings. The summed E-state index contributed by atoms with van der Waals surface area (Å²) in [6, 6.07) is 12.1. The van der Waals surface area contributed by atoms with Crippen LogP contribution in [-0.4, -0.2) is 14.2 Å². The van der Waals surface area contributed by atoms with Crippen molar-refractivity contribution in [3.05, 3.63) is 47.5 Å². The van der Waals surface area contributed by atoms with Gasteiger partial charge in [-0.1, -0.05) is 32.4 Å². The van der Waals surface area contributed by atoms with Gasteiger partial charge in [0.25, 0.3) is 0 Å². The van der Waals surface area contributed by atoms with Gasteiger partial charge < -0.3 is 20.9 Å². The summed E-state index contributed by atoms with van der Waals surface area (Å²) in [5.41, 5.74) is 15.6. The Morgan fingerprint density at radius 2 is 1.29 bits per heavy atom. The number of nitrogen functional groups attached to an aromatic ring is 2. The highest BCUT2D eigenvalue weighted by Gasteiger charge is 2.33. The van der Waals surface area contributed by atoms with Crippen molar-refractivity contribution >= 4 is 11.4 Å². The second-order valence-corrected chi connectivity index (χ2v) is 6.10. The number of hydrogen-bond donors (Lipinski definition) is 2. The molecule has 0 aliphatic carbocycles. The van der Waals surface area contributed by atoms with Crippen molar-refractivity contribution in [1.82, 2.24) is 0 Å². The molecule has 24 heavy (non-hydrogen) atoms. The minimum atomic E-state index is -0.128. The summed E-state index contributed by atoms with van der Waals surface area (Å²) in [5, 5.41) is 0. The van der Waals surface area contributed by atoms with E-state index in [1.165, 1.54) is 11.1 Å². The quantitative estimate of drug-likeness (QED) is 0.741. The number of methoxy groups -OCH3 is 2. The lowest BCUT2D eigenvalue weighted by Crippen LogP contribution is -2.27. The van der Waals surface area contributed by atoms with Crippen LogP contribution in [0.15, 0.2) is 36.4 Å². The maximum atomic E-state index is 6.00. The van der Waals surface area contributed by atoms with E-state index in [1.54, 1.807) is 14.2 Å². The van der Waals surface area contributed by atoms with Gasteiger partial charge in [0.15, 0.2) is 0 Å². The summed E-state index contributed by atoms with van der Waals surface area (Å²) in [4.78, 5) is 0. The van der Waals surface area contributed by atoms with Gasteiger partial charge in [-0.05, 0) is 48.2 Å². The second-order valence-electron chi connectivity index (χ2n) is 6.10. The molecule has 0 fully saturated rings. The zero-order valence-electron chi connectivity index (χ0n) is 15.1. The molecule has 4 N–H and O–H groups in total. The van der Waals surface area contributed by atoms with Crippen LogP contribution in [0.1, 0.15) is 44.2 Å². The molecule has 0 aliphatic heterocycles. The third-order valence-electron chi connectivity index (χ3n) is 4.85. The average molecular weight is 328 g/mol. The Hall–Kier alpha value is -2.36. The smallest absolute Gasteiger partial charge is 0.142 e. The zero-order valence-corrected chi connectivity index (χ0v) is 15.1. The van der Waals surface area contributed by atoms with Crippen LogP contribution in [0, 0.1) is 0 Å². The van der Waals surface area contributed by atoms with Gasteiger partial charge in [0.2, 0.25) is 0 Å². The average Bonchev–Trinajstić information content (AvgIpc) is 2.61. The van der Waals surface area contributed by atoms with E-state index in [0.717, 1.165) is 19.3 Å². The summed E-state index contributed by atoms with van der Waals surface area (Å²) < 4.78 is 10.9. The van der Waals surface area contributed by atoms with Gasteiger partial charge in [-0.2, -0.15) is 0 Å². The summed E-state index contributed by atoms with van der Waals surface area (Å²) in [5.74, 6) is 1.42. The van der Waals surface area contributed by atoms with Gasteiger partial charge in [0, 0.05) is 5.41 Å². The molecule has 0 bridgehead atoms. The van der Waals surface area contributed by atoms with E-state index in [-0.39, 0.29) is 5.41 Å². The Labute approximate surface area is 144 Å². The monoisotopic (exact) mass is 328 g/mol. The number of anilines is 2. The van der Waals surface area contributed by atoms with Crippen LogP contribution >= 0.6 is 0 Å². The molecule has 0 spiro atoms. The fourth-order valence-electron chi connectivity index (χ4n) is 3.48. The van der Waals surface area contributed by atoms with E-state index in [2.05, 4.69) is 38.1 Å². The van der Waals surface area contributed by atoms with E-state index in [4.69, 9.17) is 20.9 Å². The highest BCUT2D eigenvalue weighted by Crippen LogP contribution is 2.43. The third-order valence-corrected chi connectivity index (χ3v) is 4.85. The maximum Gasteiger partial charge on any atom is 0.142 e. The van der Waals surface area contributed by atoms with Crippen LogP contribution in [-0.2, 0) is 5.41 Å². The molecular formula is C20H28N2O2. The number of benzene rings is 2. The van der Waals surface area contributed by atoms with Crippen LogP contribution in [0.25, 0.3) is 0 Å². The molecule has 0 aromatic heterocycles. The van der Waals surface area contributed by atoms with E-state index in [9.17, 15) is 0 Å². The van der Waals surface area contributed by atoms with Gasteiger partial charge in [0.1, 0.15) is 11.5 Å². The standard InChI is InChI=1S/C20H28N2O2/c1-5-11-20(6-2,14-7-9-16(21)18(12-14)23-3)15-8-10-17(22)19(13-15)24-4/h7-10,12-13H,5-6,11,21-22H2,1-4H3. The van der Waals surface area contributed by atoms with Crippen molar-refractivity contribution in [2.24, 2.45) is 0 Å². The predicted molar refractivity (Wildman–Crippen MR) is 101 cm³/mol. The van der Waals surface area contributed by atoms with Crippen molar-refractivity contribution in [3.63, 3.8) is 0 Å². The fourth-order valence-corrected chi connectivity index (χ4v) is 3.48. The topological polar surface area (TPSA) is 70.5 Å². The molecule has 0 saturated heterocycles. The second kappa shape index (κ2) is 7.47. The fraction of sp³-hybridized carbons (Fsp3) is 0.400. The molecule has 0 unspecified atom stereocenters. The summed E-state index contributed by atoms with van der Waals surface area (Å²) in [6.07, 6.45) is 3.04. The van der Waals surface area contributed by atoms with Crippen molar-refractivity contribution in [3.8, 4) is 11.5 Å². The number of nitrogens with two attached hydrogens (primary N) is 2. The maximum absolute atomic E-state index is 6.00. The first-order valence-electron chi connectivity index (χ1n) is 8.40. The van der Waals surface area contributed by atoms with Crippen molar-refractivity contribution in [2.75, 3.05) is 25.7 Å². The first-order chi connectivity index (χ1) is 11.5. The van der Waals surface area contributed by atoms with Crippen LogP contribution < -0.4 is 20.9 Å². The van der Waals surface area contributed by atoms with Gasteiger partial charge in [-0.25, -0.2) is 0 Å². The van der Waals surface area contributed by atoms with Crippen molar-refractivity contribution < 1.29 is 9.47 Å². The van der Waals surface area contributed by atoms with Gasteiger partial charge >= 0.3 is 0 Å². The SMILES string of the molecule is CCCC(CC)(c1ccc(N)c(OC)c1)c1ccc(N)c(OC)c1. The molecule has 2 aromatic rings. The molecule has 0 saturated carbocycles. The Morgan fingerprint density at radius 1 is 0.833 bits per heavy atom. The third kappa shape index (κ3) is 3.14. The van der Waals surface area contributed by atoms with E-state index >= 15 is 0 Å². The Kier molecular flexibility index (Phi) is 5.60. The van der Waals surface area contributed by atoms with E-state index in [1.807, 2.05) is 12.1 Å². The molecule has 0 atom stereocenters. The lowest BCUT2D eigenvalue weighted by molar-refractivity contribution is 0.404. The van der Waals surface area contributed by atoms with Gasteiger partial charge in [-0.3, -0.25) is 0 Å². The normalized spacial score (nSPS) is 11.3. The molecule has 4 heteroatoms. The first kappa shape index (κ1) is 18.0. The largest absolute Gasteiger partial charge is 0.495 e. The highest BCUT2D eigenvalue weighted by molar-refractivity contribution is 5.59.